The smallest absolute Gasteiger partial charge is 0.0445 e. The molecular formula is C13H27NO. The molecule has 1 unspecified atom stereocenters. The van der Waals surface area contributed by atoms with E-state index in [4.69, 9.17) is 5.11 Å². The van der Waals surface area contributed by atoms with E-state index in [0.717, 1.165) is 6.42 Å². The predicted molar refractivity (Wildman–Crippen MR) is 65.0 cm³/mol. The minimum Gasteiger partial charge on any atom is -0.396 e. The molecule has 1 N–H and O–H groups in total. The minimum atomic E-state index is 0.274. The van der Waals surface area contributed by atoms with Gasteiger partial charge in [0, 0.05) is 23.7 Å². The highest BCUT2D eigenvalue weighted by Gasteiger charge is 2.43. The number of piperidine rings is 1. The zero-order chi connectivity index (χ0) is 11.7. The largest absolute Gasteiger partial charge is 0.396 e. The molecule has 1 aliphatic heterocycles. The standard InChI is InChI=1S/C13H27NO/c1-11(7-10-15)14-12(2,3)8-6-9-13(14,4)5/h11,15H,6-10H2,1-5H3. The second-order valence-corrected chi connectivity index (χ2v) is 6.21. The van der Waals surface area contributed by atoms with Crippen LogP contribution >= 0.6 is 0 Å². The highest BCUT2D eigenvalue weighted by Crippen LogP contribution is 2.40. The Bertz CT molecular complexity index is 195. The van der Waals surface area contributed by atoms with Crippen LogP contribution in [0, 0.1) is 0 Å². The van der Waals surface area contributed by atoms with Crippen LogP contribution in [0.5, 0.6) is 0 Å². The first-order valence-corrected chi connectivity index (χ1v) is 6.21. The predicted octanol–water partition coefficient (Wildman–Crippen LogP) is 2.80. The fourth-order valence-electron chi connectivity index (χ4n) is 3.52. The first kappa shape index (κ1) is 13.0. The molecule has 2 nitrogen and oxygen atoms in total. The lowest BCUT2D eigenvalue weighted by atomic mass is 9.78. The summed E-state index contributed by atoms with van der Waals surface area (Å²) in [6, 6.07) is 0.473. The van der Waals surface area contributed by atoms with Gasteiger partial charge in [0.05, 0.1) is 0 Å². The molecule has 0 spiro atoms. The van der Waals surface area contributed by atoms with E-state index in [1.165, 1.54) is 19.3 Å². The fourth-order valence-corrected chi connectivity index (χ4v) is 3.52. The van der Waals surface area contributed by atoms with Crippen LogP contribution in [0.1, 0.15) is 60.3 Å². The van der Waals surface area contributed by atoms with Gasteiger partial charge in [0.15, 0.2) is 0 Å². The molecule has 0 aromatic heterocycles. The topological polar surface area (TPSA) is 23.5 Å². The van der Waals surface area contributed by atoms with Crippen molar-refractivity contribution in [2.45, 2.75) is 77.4 Å². The maximum atomic E-state index is 9.08. The van der Waals surface area contributed by atoms with E-state index in [-0.39, 0.29) is 11.1 Å². The lowest BCUT2D eigenvalue weighted by Gasteiger charge is -2.55. The maximum Gasteiger partial charge on any atom is 0.0445 e. The van der Waals surface area contributed by atoms with Gasteiger partial charge in [-0.2, -0.15) is 0 Å². The minimum absolute atomic E-state index is 0.274. The molecule has 1 fully saturated rings. The second-order valence-electron chi connectivity index (χ2n) is 6.21. The third kappa shape index (κ3) is 2.73. The second kappa shape index (κ2) is 4.42. The van der Waals surface area contributed by atoms with Crippen LogP contribution in [-0.2, 0) is 0 Å². The Morgan fingerprint density at radius 3 is 2.00 bits per heavy atom. The van der Waals surface area contributed by atoms with Crippen LogP contribution in [0.15, 0.2) is 0 Å². The maximum absolute atomic E-state index is 9.08. The van der Waals surface area contributed by atoms with Gasteiger partial charge in [-0.05, 0) is 60.3 Å². The van der Waals surface area contributed by atoms with Gasteiger partial charge in [-0.25, -0.2) is 0 Å². The summed E-state index contributed by atoms with van der Waals surface area (Å²) in [5.74, 6) is 0. The van der Waals surface area contributed by atoms with E-state index in [1.54, 1.807) is 0 Å². The Balaban J connectivity index is 2.85. The van der Waals surface area contributed by atoms with Gasteiger partial charge in [-0.15, -0.1) is 0 Å². The van der Waals surface area contributed by atoms with Crippen LogP contribution < -0.4 is 0 Å². The van der Waals surface area contributed by atoms with Crippen molar-refractivity contribution in [3.05, 3.63) is 0 Å². The van der Waals surface area contributed by atoms with E-state index in [1.807, 2.05) is 0 Å². The van der Waals surface area contributed by atoms with Crippen LogP contribution in [0.4, 0.5) is 0 Å². The molecule has 1 aliphatic rings. The summed E-state index contributed by atoms with van der Waals surface area (Å²) in [6.07, 6.45) is 4.74. The molecule has 2 heteroatoms. The molecular weight excluding hydrogens is 186 g/mol. The highest BCUT2D eigenvalue weighted by molar-refractivity contribution is 4.99. The average Bonchev–Trinajstić information content (AvgIpc) is 2.00. The first-order valence-electron chi connectivity index (χ1n) is 6.21. The summed E-state index contributed by atoms with van der Waals surface area (Å²) in [6.45, 7) is 11.9. The van der Waals surface area contributed by atoms with Crippen molar-refractivity contribution in [3.8, 4) is 0 Å². The molecule has 1 heterocycles. The summed E-state index contributed by atoms with van der Waals surface area (Å²) in [5.41, 5.74) is 0.548. The molecule has 0 saturated carbocycles. The zero-order valence-electron chi connectivity index (χ0n) is 11.0. The number of likely N-dealkylation sites (tertiary alicyclic amines) is 1. The van der Waals surface area contributed by atoms with Gasteiger partial charge in [0.2, 0.25) is 0 Å². The monoisotopic (exact) mass is 213 g/mol. The zero-order valence-corrected chi connectivity index (χ0v) is 11.0. The fraction of sp³-hybridized carbons (Fsp3) is 1.00. The Hall–Kier alpha value is -0.0800. The summed E-state index contributed by atoms with van der Waals surface area (Å²) in [4.78, 5) is 2.61. The summed E-state index contributed by atoms with van der Waals surface area (Å²) in [7, 11) is 0. The van der Waals surface area contributed by atoms with E-state index in [9.17, 15) is 0 Å². The van der Waals surface area contributed by atoms with Crippen LogP contribution in [0.3, 0.4) is 0 Å². The van der Waals surface area contributed by atoms with Gasteiger partial charge in [-0.1, -0.05) is 0 Å². The molecule has 0 bridgehead atoms. The third-order valence-electron chi connectivity index (χ3n) is 3.87. The molecule has 0 aromatic rings. The third-order valence-corrected chi connectivity index (χ3v) is 3.87. The lowest BCUT2D eigenvalue weighted by Crippen LogP contribution is -2.61. The number of aliphatic hydroxyl groups is 1. The van der Waals surface area contributed by atoms with E-state index < -0.39 is 0 Å². The SMILES string of the molecule is CC(CCO)N1C(C)(C)CCCC1(C)C. The lowest BCUT2D eigenvalue weighted by molar-refractivity contribution is -0.0611. The van der Waals surface area contributed by atoms with Crippen LogP contribution in [-0.4, -0.2) is 33.7 Å². The van der Waals surface area contributed by atoms with Gasteiger partial charge >= 0.3 is 0 Å². The normalized spacial score (nSPS) is 27.6. The summed E-state index contributed by atoms with van der Waals surface area (Å²) in [5, 5.41) is 9.08. The summed E-state index contributed by atoms with van der Waals surface area (Å²) >= 11 is 0. The van der Waals surface area contributed by atoms with E-state index in [0.29, 0.717) is 12.6 Å². The van der Waals surface area contributed by atoms with Crippen LogP contribution in [0.2, 0.25) is 0 Å². The average molecular weight is 213 g/mol. The Kier molecular flexibility index (Phi) is 3.83. The van der Waals surface area contributed by atoms with E-state index in [2.05, 4.69) is 39.5 Å². The quantitative estimate of drug-likeness (QED) is 0.779. The first-order chi connectivity index (χ1) is 6.81. The van der Waals surface area contributed by atoms with Gasteiger partial charge in [0.1, 0.15) is 0 Å². The van der Waals surface area contributed by atoms with E-state index >= 15 is 0 Å². The number of aliphatic hydroxyl groups excluding tert-OH is 1. The molecule has 0 aromatic carbocycles. The number of nitrogens with zero attached hydrogens (tertiary/aromatic N) is 1. The number of hydrogen-bond acceptors (Lipinski definition) is 2. The van der Waals surface area contributed by atoms with Crippen LogP contribution in [0.25, 0.3) is 0 Å². The number of hydrogen-bond donors (Lipinski definition) is 1. The van der Waals surface area contributed by atoms with Crippen molar-refractivity contribution in [1.29, 1.82) is 0 Å². The Labute approximate surface area is 94.7 Å². The van der Waals surface area contributed by atoms with Crippen molar-refractivity contribution in [2.75, 3.05) is 6.61 Å². The van der Waals surface area contributed by atoms with Crippen molar-refractivity contribution >= 4 is 0 Å². The molecule has 0 amide bonds. The molecule has 1 saturated heterocycles. The van der Waals surface area contributed by atoms with Crippen molar-refractivity contribution < 1.29 is 5.11 Å². The van der Waals surface area contributed by atoms with Crippen molar-refractivity contribution in [2.24, 2.45) is 0 Å². The molecule has 1 rings (SSSR count). The van der Waals surface area contributed by atoms with Gasteiger partial charge in [-0.3, -0.25) is 4.90 Å². The Morgan fingerprint density at radius 2 is 1.60 bits per heavy atom. The molecule has 90 valence electrons. The van der Waals surface area contributed by atoms with Crippen molar-refractivity contribution in [1.82, 2.24) is 4.90 Å². The molecule has 0 aliphatic carbocycles. The highest BCUT2D eigenvalue weighted by atomic mass is 16.3. The molecule has 15 heavy (non-hydrogen) atoms. The molecule has 1 atom stereocenters. The molecule has 0 radical (unpaired) electrons. The number of rotatable bonds is 3. The van der Waals surface area contributed by atoms with Gasteiger partial charge in [0.25, 0.3) is 0 Å². The summed E-state index contributed by atoms with van der Waals surface area (Å²) < 4.78 is 0. The van der Waals surface area contributed by atoms with Gasteiger partial charge < -0.3 is 5.11 Å². The van der Waals surface area contributed by atoms with Crippen molar-refractivity contribution in [3.63, 3.8) is 0 Å². The Morgan fingerprint density at radius 1 is 1.13 bits per heavy atom.